The van der Waals surface area contributed by atoms with Crippen LogP contribution in [0.25, 0.3) is 0 Å². The van der Waals surface area contributed by atoms with Crippen molar-refractivity contribution in [1.82, 2.24) is 0 Å². The quantitative estimate of drug-likeness (QED) is 0.625. The van der Waals surface area contributed by atoms with E-state index in [1.54, 1.807) is 0 Å². The fourth-order valence-electron chi connectivity index (χ4n) is 2.51. The Morgan fingerprint density at radius 1 is 1.23 bits per heavy atom. The maximum atomic E-state index is 11.1. The Balaban J connectivity index is 1.99. The van der Waals surface area contributed by atoms with Crippen molar-refractivity contribution in [1.29, 1.82) is 0 Å². The first-order valence-electron chi connectivity index (χ1n) is 7.20. The average molecular weight is 295 g/mol. The fourth-order valence-corrected chi connectivity index (χ4v) is 2.51. The van der Waals surface area contributed by atoms with Gasteiger partial charge in [-0.2, -0.15) is 0 Å². The van der Waals surface area contributed by atoms with Crippen molar-refractivity contribution in [2.24, 2.45) is 5.16 Å². The van der Waals surface area contributed by atoms with E-state index in [2.05, 4.69) is 5.16 Å². The molecule has 2 aromatic carbocycles. The first kappa shape index (κ1) is 14.3. The monoisotopic (exact) mass is 295 g/mol. The lowest BCUT2D eigenvalue weighted by atomic mass is 9.95. The van der Waals surface area contributed by atoms with E-state index >= 15 is 0 Å². The third kappa shape index (κ3) is 3.01. The molecular formula is C18H17NO3. The molecule has 1 unspecified atom stereocenters. The van der Waals surface area contributed by atoms with Crippen molar-refractivity contribution >= 4 is 11.7 Å². The van der Waals surface area contributed by atoms with Crippen LogP contribution in [0.5, 0.6) is 5.75 Å². The number of carbonyl (C=O) groups is 1. The second kappa shape index (κ2) is 6.02. The van der Waals surface area contributed by atoms with Crippen LogP contribution in [0.1, 0.15) is 36.1 Å². The van der Waals surface area contributed by atoms with Gasteiger partial charge in [0, 0.05) is 18.9 Å². The number of fused-ring (bicyclic) bond motifs is 1. The third-order valence-corrected chi connectivity index (χ3v) is 3.55. The van der Waals surface area contributed by atoms with Gasteiger partial charge >= 0.3 is 5.97 Å². The highest BCUT2D eigenvalue weighted by atomic mass is 16.7. The van der Waals surface area contributed by atoms with Crippen molar-refractivity contribution in [3.05, 3.63) is 65.2 Å². The molecule has 0 aliphatic carbocycles. The van der Waals surface area contributed by atoms with Crippen molar-refractivity contribution in [3.8, 4) is 5.75 Å². The van der Waals surface area contributed by atoms with Gasteiger partial charge in [0.25, 0.3) is 0 Å². The van der Waals surface area contributed by atoms with Crippen LogP contribution in [0.2, 0.25) is 0 Å². The summed E-state index contributed by atoms with van der Waals surface area (Å²) in [6.45, 7) is 3.35. The Hall–Kier alpha value is -2.62. The van der Waals surface area contributed by atoms with E-state index in [0.717, 1.165) is 28.2 Å². The van der Waals surface area contributed by atoms with Gasteiger partial charge in [0.2, 0.25) is 0 Å². The molecule has 0 saturated carbocycles. The molecule has 112 valence electrons. The molecule has 0 aromatic heterocycles. The maximum absolute atomic E-state index is 11.1. The first-order valence-corrected chi connectivity index (χ1v) is 7.20. The molecule has 4 heteroatoms. The molecule has 0 N–H and O–H groups in total. The molecule has 0 fully saturated rings. The van der Waals surface area contributed by atoms with Crippen molar-refractivity contribution in [2.75, 3.05) is 0 Å². The molecule has 0 amide bonds. The van der Waals surface area contributed by atoms with Gasteiger partial charge in [-0.25, -0.2) is 4.79 Å². The number of oxime groups is 1. The van der Waals surface area contributed by atoms with E-state index in [0.29, 0.717) is 6.42 Å². The SMILES string of the molecule is CC(=O)O/N=C1/CC(c2ccccc2)Oc2ccc(C)cc21. The van der Waals surface area contributed by atoms with Crippen LogP contribution in [0, 0.1) is 6.92 Å². The van der Waals surface area contributed by atoms with Crippen LogP contribution in [0.4, 0.5) is 0 Å². The Kier molecular flexibility index (Phi) is 3.92. The minimum Gasteiger partial charge on any atom is -0.485 e. The molecule has 0 spiro atoms. The summed E-state index contributed by atoms with van der Waals surface area (Å²) in [6.07, 6.45) is 0.430. The summed E-state index contributed by atoms with van der Waals surface area (Å²) < 4.78 is 6.09. The van der Waals surface area contributed by atoms with Crippen molar-refractivity contribution in [2.45, 2.75) is 26.4 Å². The molecule has 2 aromatic rings. The molecule has 1 aliphatic rings. The lowest BCUT2D eigenvalue weighted by Crippen LogP contribution is -2.21. The van der Waals surface area contributed by atoms with E-state index in [1.165, 1.54) is 6.92 Å². The van der Waals surface area contributed by atoms with E-state index < -0.39 is 5.97 Å². The molecule has 4 nitrogen and oxygen atoms in total. The summed E-state index contributed by atoms with van der Waals surface area (Å²) in [7, 11) is 0. The Labute approximate surface area is 129 Å². The topological polar surface area (TPSA) is 47.9 Å². The molecule has 1 heterocycles. The van der Waals surface area contributed by atoms with Crippen LogP contribution < -0.4 is 4.74 Å². The minimum absolute atomic E-state index is 0.134. The lowest BCUT2D eigenvalue weighted by molar-refractivity contribution is -0.140. The molecule has 0 bridgehead atoms. The van der Waals surface area contributed by atoms with Crippen LogP contribution in [0.15, 0.2) is 53.7 Å². The molecule has 1 atom stereocenters. The van der Waals surface area contributed by atoms with Gasteiger partial charge in [-0.15, -0.1) is 0 Å². The zero-order valence-corrected chi connectivity index (χ0v) is 12.6. The van der Waals surface area contributed by atoms with Gasteiger partial charge in [-0.05, 0) is 24.6 Å². The Morgan fingerprint density at radius 3 is 2.73 bits per heavy atom. The van der Waals surface area contributed by atoms with Crippen LogP contribution >= 0.6 is 0 Å². The Bertz CT molecular complexity index is 722. The molecular weight excluding hydrogens is 278 g/mol. The third-order valence-electron chi connectivity index (χ3n) is 3.55. The second-order valence-electron chi connectivity index (χ2n) is 5.34. The number of carbonyl (C=O) groups excluding carboxylic acids is 1. The minimum atomic E-state index is -0.426. The van der Waals surface area contributed by atoms with Crippen molar-refractivity contribution < 1.29 is 14.4 Å². The normalized spacial score (nSPS) is 18.5. The highest BCUT2D eigenvalue weighted by Gasteiger charge is 2.27. The summed E-state index contributed by atoms with van der Waals surface area (Å²) >= 11 is 0. The van der Waals surface area contributed by atoms with Gasteiger partial charge in [-0.1, -0.05) is 47.1 Å². The average Bonchev–Trinajstić information content (AvgIpc) is 2.53. The number of aryl methyl sites for hydroxylation is 1. The maximum Gasteiger partial charge on any atom is 0.331 e. The Morgan fingerprint density at radius 2 is 2.00 bits per heavy atom. The number of ether oxygens (including phenoxy) is 1. The molecule has 1 aliphatic heterocycles. The fraction of sp³-hybridized carbons (Fsp3) is 0.222. The summed E-state index contributed by atoms with van der Waals surface area (Å²) in [4.78, 5) is 15.9. The number of hydrogen-bond acceptors (Lipinski definition) is 4. The first-order chi connectivity index (χ1) is 10.6. The number of hydrogen-bond donors (Lipinski definition) is 0. The lowest BCUT2D eigenvalue weighted by Gasteiger charge is -2.27. The molecule has 22 heavy (non-hydrogen) atoms. The highest BCUT2D eigenvalue weighted by molar-refractivity contribution is 6.04. The van der Waals surface area contributed by atoms with Gasteiger partial charge in [0.05, 0.1) is 5.71 Å². The van der Waals surface area contributed by atoms with Gasteiger partial charge in [0.15, 0.2) is 0 Å². The van der Waals surface area contributed by atoms with E-state index in [1.807, 2.05) is 55.5 Å². The van der Waals surface area contributed by atoms with E-state index in [-0.39, 0.29) is 6.10 Å². The predicted octanol–water partition coefficient (Wildman–Crippen LogP) is 3.79. The van der Waals surface area contributed by atoms with E-state index in [9.17, 15) is 4.79 Å². The van der Waals surface area contributed by atoms with Gasteiger partial charge in [-0.3, -0.25) is 0 Å². The summed E-state index contributed by atoms with van der Waals surface area (Å²) in [5, 5.41) is 4.03. The second-order valence-corrected chi connectivity index (χ2v) is 5.34. The van der Waals surface area contributed by atoms with E-state index in [4.69, 9.17) is 9.57 Å². The highest BCUT2D eigenvalue weighted by Crippen LogP contribution is 2.35. The zero-order valence-electron chi connectivity index (χ0n) is 12.6. The van der Waals surface area contributed by atoms with Crippen LogP contribution in [-0.2, 0) is 9.63 Å². The molecule has 3 rings (SSSR count). The number of nitrogens with zero attached hydrogens (tertiary/aromatic N) is 1. The number of rotatable bonds is 2. The molecule has 0 radical (unpaired) electrons. The molecule has 0 saturated heterocycles. The summed E-state index contributed by atoms with van der Waals surface area (Å²) in [5.41, 5.74) is 3.79. The number of benzene rings is 2. The zero-order chi connectivity index (χ0) is 15.5. The standard InChI is InChI=1S/C18H17NO3/c1-12-8-9-17-15(10-12)16(19-22-13(2)20)11-18(21-17)14-6-4-3-5-7-14/h3-10,18H,11H2,1-2H3/b19-16-. The predicted molar refractivity (Wildman–Crippen MR) is 83.9 cm³/mol. The summed E-state index contributed by atoms with van der Waals surface area (Å²) in [5.74, 6) is 0.334. The largest absolute Gasteiger partial charge is 0.485 e. The van der Waals surface area contributed by atoms with Crippen LogP contribution in [-0.4, -0.2) is 11.7 Å². The van der Waals surface area contributed by atoms with Crippen LogP contribution in [0.3, 0.4) is 0 Å². The summed E-state index contributed by atoms with van der Waals surface area (Å²) in [6, 6.07) is 15.9. The smallest absolute Gasteiger partial charge is 0.331 e. The van der Waals surface area contributed by atoms with Gasteiger partial charge < -0.3 is 9.57 Å². The van der Waals surface area contributed by atoms with Gasteiger partial charge in [0.1, 0.15) is 11.9 Å². The van der Waals surface area contributed by atoms with Crippen molar-refractivity contribution in [3.63, 3.8) is 0 Å².